The summed E-state index contributed by atoms with van der Waals surface area (Å²) < 4.78 is 2.12. The summed E-state index contributed by atoms with van der Waals surface area (Å²) in [6, 6.07) is 0.141. The van der Waals surface area contributed by atoms with Gasteiger partial charge >= 0.3 is 6.03 Å². The van der Waals surface area contributed by atoms with Crippen LogP contribution >= 0.6 is 0 Å². The van der Waals surface area contributed by atoms with E-state index in [0.29, 0.717) is 11.3 Å². The van der Waals surface area contributed by atoms with Crippen molar-refractivity contribution < 1.29 is 4.79 Å². The van der Waals surface area contributed by atoms with Crippen LogP contribution in [-0.2, 0) is 6.54 Å². The van der Waals surface area contributed by atoms with Crippen molar-refractivity contribution in [3.63, 3.8) is 0 Å². The third kappa shape index (κ3) is 4.06. The lowest BCUT2D eigenvalue weighted by Gasteiger charge is -2.43. The lowest BCUT2D eigenvalue weighted by atomic mass is 9.66. The highest BCUT2D eigenvalue weighted by Gasteiger charge is 2.36. The Balaban J connectivity index is 1.47. The van der Waals surface area contributed by atoms with Crippen LogP contribution in [0.3, 0.4) is 0 Å². The largest absolute Gasteiger partial charge is 0.337 e. The Morgan fingerprint density at radius 2 is 2.26 bits per heavy atom. The predicted molar refractivity (Wildman–Crippen MR) is 91.1 cm³/mol. The molecule has 2 amide bonds. The molecule has 5 heteroatoms. The average molecular weight is 318 g/mol. The number of urea groups is 1. The molecule has 1 aromatic heterocycles. The zero-order chi connectivity index (χ0) is 16.1. The fourth-order valence-electron chi connectivity index (χ4n) is 4.19. The Kier molecular flexibility index (Phi) is 5.23. The first-order valence-corrected chi connectivity index (χ1v) is 9.19. The Morgan fingerprint density at radius 1 is 1.39 bits per heavy atom. The molecule has 0 radical (unpaired) electrons. The number of nitrogens with one attached hydrogen (secondary N) is 1. The number of hydrogen-bond acceptors (Lipinski definition) is 2. The van der Waals surface area contributed by atoms with Crippen LogP contribution in [0.4, 0.5) is 4.79 Å². The Bertz CT molecular complexity index is 495. The molecule has 1 aliphatic heterocycles. The van der Waals surface area contributed by atoms with Crippen molar-refractivity contribution in [2.75, 3.05) is 19.6 Å². The van der Waals surface area contributed by atoms with E-state index in [9.17, 15) is 4.79 Å². The van der Waals surface area contributed by atoms with Crippen LogP contribution in [0.15, 0.2) is 18.7 Å². The summed E-state index contributed by atoms with van der Waals surface area (Å²) in [7, 11) is 0. The quantitative estimate of drug-likeness (QED) is 0.875. The van der Waals surface area contributed by atoms with Gasteiger partial charge in [0.25, 0.3) is 0 Å². The number of nitrogens with zero attached hydrogens (tertiary/aromatic N) is 3. The molecule has 0 spiro atoms. The summed E-state index contributed by atoms with van der Waals surface area (Å²) in [5.41, 5.74) is 0.399. The number of carbonyl (C=O) groups excluding carboxylic acids is 1. The van der Waals surface area contributed by atoms with Crippen LogP contribution < -0.4 is 5.32 Å². The van der Waals surface area contributed by atoms with Crippen LogP contribution in [-0.4, -0.2) is 40.1 Å². The van der Waals surface area contributed by atoms with E-state index >= 15 is 0 Å². The minimum atomic E-state index is 0.141. The second kappa shape index (κ2) is 7.37. The maximum absolute atomic E-state index is 12.5. The summed E-state index contributed by atoms with van der Waals surface area (Å²) in [6.07, 6.45) is 14.3. The van der Waals surface area contributed by atoms with Crippen LogP contribution in [0.5, 0.6) is 0 Å². The first-order chi connectivity index (χ1) is 11.2. The summed E-state index contributed by atoms with van der Waals surface area (Å²) in [5, 5.41) is 3.23. The molecular weight excluding hydrogens is 288 g/mol. The van der Waals surface area contributed by atoms with Crippen molar-refractivity contribution in [3.05, 3.63) is 18.7 Å². The summed E-state index contributed by atoms with van der Waals surface area (Å²) in [4.78, 5) is 18.7. The first-order valence-electron chi connectivity index (χ1n) is 9.19. The van der Waals surface area contributed by atoms with Crippen LogP contribution in [0, 0.1) is 11.3 Å². The van der Waals surface area contributed by atoms with Gasteiger partial charge in [-0.3, -0.25) is 0 Å². The Labute approximate surface area is 139 Å². The molecular formula is C18H30N4O. The first kappa shape index (κ1) is 16.3. The minimum Gasteiger partial charge on any atom is -0.337 e. The molecule has 1 saturated heterocycles. The second-order valence-corrected chi connectivity index (χ2v) is 7.48. The molecule has 128 valence electrons. The third-order valence-corrected chi connectivity index (χ3v) is 5.64. The van der Waals surface area contributed by atoms with Crippen molar-refractivity contribution in [2.45, 2.75) is 58.4 Å². The van der Waals surface area contributed by atoms with Gasteiger partial charge in [0.2, 0.25) is 0 Å². The fourth-order valence-corrected chi connectivity index (χ4v) is 4.19. The van der Waals surface area contributed by atoms with Gasteiger partial charge in [-0.25, -0.2) is 9.78 Å². The van der Waals surface area contributed by atoms with Gasteiger partial charge in [-0.2, -0.15) is 0 Å². The topological polar surface area (TPSA) is 50.2 Å². The molecule has 1 atom stereocenters. The zero-order valence-electron chi connectivity index (χ0n) is 14.3. The molecule has 1 saturated carbocycles. The van der Waals surface area contributed by atoms with E-state index in [1.165, 1.54) is 38.5 Å². The molecule has 5 nitrogen and oxygen atoms in total. The standard InChI is InChI=1S/C18H30N4O/c1-2-6-18(7-4-8-18)14-20-17(23)22-10-3-5-16(13-22)12-21-11-9-19-15-21/h9,11,15-16H,2-8,10,12-14H2,1H3,(H,20,23). The average Bonchev–Trinajstić information content (AvgIpc) is 3.02. The maximum atomic E-state index is 12.5. The molecule has 2 heterocycles. The minimum absolute atomic E-state index is 0.141. The number of amides is 2. The number of rotatable bonds is 6. The lowest BCUT2D eigenvalue weighted by Crippen LogP contribution is -2.50. The fraction of sp³-hybridized carbons (Fsp3) is 0.778. The van der Waals surface area contributed by atoms with E-state index in [2.05, 4.69) is 21.8 Å². The van der Waals surface area contributed by atoms with Gasteiger partial charge in [-0.05, 0) is 43.4 Å². The van der Waals surface area contributed by atoms with Gasteiger partial charge in [0, 0.05) is 38.6 Å². The number of likely N-dealkylation sites (tertiary alicyclic amines) is 1. The van der Waals surface area contributed by atoms with Crippen molar-refractivity contribution in [2.24, 2.45) is 11.3 Å². The van der Waals surface area contributed by atoms with Crippen molar-refractivity contribution in [1.82, 2.24) is 19.8 Å². The Hall–Kier alpha value is -1.52. The van der Waals surface area contributed by atoms with Gasteiger partial charge in [0.1, 0.15) is 0 Å². The van der Waals surface area contributed by atoms with E-state index in [-0.39, 0.29) is 6.03 Å². The van der Waals surface area contributed by atoms with Crippen LogP contribution in [0.25, 0.3) is 0 Å². The van der Waals surface area contributed by atoms with E-state index < -0.39 is 0 Å². The molecule has 23 heavy (non-hydrogen) atoms. The number of carbonyl (C=O) groups is 1. The predicted octanol–water partition coefficient (Wildman–Crippen LogP) is 3.28. The molecule has 0 bridgehead atoms. The number of aromatic nitrogens is 2. The monoisotopic (exact) mass is 318 g/mol. The van der Waals surface area contributed by atoms with Gasteiger partial charge in [-0.1, -0.05) is 19.8 Å². The van der Waals surface area contributed by atoms with Gasteiger partial charge < -0.3 is 14.8 Å². The SMILES string of the molecule is CCCC1(CNC(=O)N2CCCC(Cn3ccnc3)C2)CCC1. The molecule has 0 aromatic carbocycles. The number of imidazole rings is 1. The molecule has 1 aromatic rings. The highest BCUT2D eigenvalue weighted by molar-refractivity contribution is 5.74. The summed E-state index contributed by atoms with van der Waals surface area (Å²) in [5.74, 6) is 0.539. The Morgan fingerprint density at radius 3 is 2.91 bits per heavy atom. The normalized spacial score (nSPS) is 23.3. The van der Waals surface area contributed by atoms with E-state index in [4.69, 9.17) is 0 Å². The second-order valence-electron chi connectivity index (χ2n) is 7.48. The smallest absolute Gasteiger partial charge is 0.317 e. The molecule has 2 fully saturated rings. The molecule has 1 N–H and O–H groups in total. The highest BCUT2D eigenvalue weighted by atomic mass is 16.2. The van der Waals surface area contributed by atoms with Crippen molar-refractivity contribution >= 4 is 6.03 Å². The number of hydrogen-bond donors (Lipinski definition) is 1. The van der Waals surface area contributed by atoms with E-state index in [0.717, 1.165) is 32.6 Å². The van der Waals surface area contributed by atoms with Crippen LogP contribution in [0.2, 0.25) is 0 Å². The van der Waals surface area contributed by atoms with E-state index in [1.54, 1.807) is 0 Å². The highest BCUT2D eigenvalue weighted by Crippen LogP contribution is 2.44. The van der Waals surface area contributed by atoms with Gasteiger partial charge in [0.05, 0.1) is 6.33 Å². The molecule has 3 rings (SSSR count). The summed E-state index contributed by atoms with van der Waals surface area (Å²) >= 11 is 0. The van der Waals surface area contributed by atoms with Crippen molar-refractivity contribution in [1.29, 1.82) is 0 Å². The zero-order valence-corrected chi connectivity index (χ0v) is 14.3. The third-order valence-electron chi connectivity index (χ3n) is 5.64. The van der Waals surface area contributed by atoms with Crippen molar-refractivity contribution in [3.8, 4) is 0 Å². The van der Waals surface area contributed by atoms with Gasteiger partial charge in [0.15, 0.2) is 0 Å². The maximum Gasteiger partial charge on any atom is 0.317 e. The molecule has 2 aliphatic rings. The van der Waals surface area contributed by atoms with Crippen LogP contribution in [0.1, 0.15) is 51.9 Å². The van der Waals surface area contributed by atoms with E-state index in [1.807, 2.05) is 23.6 Å². The lowest BCUT2D eigenvalue weighted by molar-refractivity contribution is 0.108. The summed E-state index contributed by atoms with van der Waals surface area (Å²) in [6.45, 7) is 5.83. The molecule has 1 unspecified atom stereocenters. The van der Waals surface area contributed by atoms with Gasteiger partial charge in [-0.15, -0.1) is 0 Å². The molecule has 1 aliphatic carbocycles. The number of piperidine rings is 1.